The molecule has 18 heavy (non-hydrogen) atoms. The zero-order valence-corrected chi connectivity index (χ0v) is 10.9. The molecule has 1 aliphatic rings. The fourth-order valence-corrected chi connectivity index (χ4v) is 2.89. The highest BCUT2D eigenvalue weighted by Crippen LogP contribution is 2.25. The van der Waals surface area contributed by atoms with Crippen molar-refractivity contribution < 1.29 is 9.90 Å². The summed E-state index contributed by atoms with van der Waals surface area (Å²) in [6, 6.07) is 0. The van der Waals surface area contributed by atoms with Crippen molar-refractivity contribution in [2.24, 2.45) is 0 Å². The van der Waals surface area contributed by atoms with Gasteiger partial charge in [-0.05, 0) is 0 Å². The van der Waals surface area contributed by atoms with Crippen molar-refractivity contribution in [3.05, 3.63) is 17.3 Å². The van der Waals surface area contributed by atoms with Gasteiger partial charge in [0.1, 0.15) is 0 Å². The number of rotatable bonds is 2. The Morgan fingerprint density at radius 2 is 2.33 bits per heavy atom. The molecule has 0 atom stereocenters. The molecular weight excluding hydrogens is 252 g/mol. The van der Waals surface area contributed by atoms with Crippen molar-refractivity contribution >= 4 is 28.0 Å². The number of nitrogens with zero attached hydrogens (tertiary/aromatic N) is 4. The number of carbonyl (C=O) groups is 1. The molecule has 2 aromatic heterocycles. The molecule has 0 radical (unpaired) electrons. The summed E-state index contributed by atoms with van der Waals surface area (Å²) in [6.45, 7) is 1.69. The van der Waals surface area contributed by atoms with Crippen molar-refractivity contribution in [1.29, 1.82) is 0 Å². The number of imidazole rings is 1. The van der Waals surface area contributed by atoms with Crippen molar-refractivity contribution in [1.82, 2.24) is 14.3 Å². The average molecular weight is 266 g/mol. The Labute approximate surface area is 108 Å². The average Bonchev–Trinajstić information content (AvgIpc) is 2.92. The number of amides is 1. The highest BCUT2D eigenvalue weighted by Gasteiger charge is 2.25. The van der Waals surface area contributed by atoms with Gasteiger partial charge in [0.25, 0.3) is 0 Å². The number of aliphatic hydroxyl groups is 1. The van der Waals surface area contributed by atoms with Gasteiger partial charge < -0.3 is 14.9 Å². The lowest BCUT2D eigenvalue weighted by Crippen LogP contribution is -2.49. The number of thiazole rings is 1. The third kappa shape index (κ3) is 1.67. The van der Waals surface area contributed by atoms with Crippen LogP contribution in [0.15, 0.2) is 11.6 Å². The van der Waals surface area contributed by atoms with Crippen molar-refractivity contribution in [2.45, 2.75) is 6.61 Å². The molecule has 1 aliphatic heterocycles. The lowest BCUT2D eigenvalue weighted by molar-refractivity contribution is -0.129. The highest BCUT2D eigenvalue weighted by atomic mass is 32.1. The first kappa shape index (κ1) is 11.5. The van der Waals surface area contributed by atoms with E-state index >= 15 is 0 Å². The second-order valence-corrected chi connectivity index (χ2v) is 5.21. The minimum atomic E-state index is -0.0756. The van der Waals surface area contributed by atoms with E-state index in [4.69, 9.17) is 0 Å². The van der Waals surface area contributed by atoms with Crippen LogP contribution in [0.5, 0.6) is 0 Å². The normalized spacial score (nSPS) is 16.9. The van der Waals surface area contributed by atoms with E-state index in [1.54, 1.807) is 11.9 Å². The van der Waals surface area contributed by atoms with Gasteiger partial charge in [-0.1, -0.05) is 0 Å². The van der Waals surface area contributed by atoms with E-state index in [1.165, 1.54) is 11.3 Å². The largest absolute Gasteiger partial charge is 0.390 e. The van der Waals surface area contributed by atoms with Crippen LogP contribution in [-0.4, -0.2) is 52.0 Å². The van der Waals surface area contributed by atoms with Gasteiger partial charge in [-0.15, -0.1) is 11.3 Å². The molecule has 1 N–H and O–H groups in total. The van der Waals surface area contributed by atoms with Gasteiger partial charge in [-0.25, -0.2) is 4.98 Å². The minimum Gasteiger partial charge on any atom is -0.390 e. The molecule has 7 heteroatoms. The first-order chi connectivity index (χ1) is 8.70. The predicted molar refractivity (Wildman–Crippen MR) is 68.8 cm³/mol. The Morgan fingerprint density at radius 1 is 1.50 bits per heavy atom. The summed E-state index contributed by atoms with van der Waals surface area (Å²) in [5, 5.41) is 11.4. The molecule has 6 nitrogen and oxygen atoms in total. The van der Waals surface area contributed by atoms with Gasteiger partial charge >= 0.3 is 0 Å². The van der Waals surface area contributed by atoms with E-state index in [0.717, 1.165) is 23.0 Å². The quantitative estimate of drug-likeness (QED) is 0.841. The van der Waals surface area contributed by atoms with Gasteiger partial charge in [0, 0.05) is 31.7 Å². The number of carbonyl (C=O) groups excluding carboxylic acids is 1. The van der Waals surface area contributed by atoms with E-state index in [2.05, 4.69) is 4.98 Å². The Hall–Kier alpha value is -1.60. The fraction of sp³-hybridized carbons (Fsp3) is 0.455. The number of anilines is 1. The van der Waals surface area contributed by atoms with Crippen LogP contribution >= 0.6 is 11.3 Å². The van der Waals surface area contributed by atoms with Crippen LogP contribution in [0.2, 0.25) is 0 Å². The van der Waals surface area contributed by atoms with Crippen LogP contribution in [-0.2, 0) is 11.4 Å². The standard InChI is InChI=1S/C11H14N4O2S/c1-13-2-3-14(6-9(13)17)10-8(7-16)15-4-5-18-11(15)12-10/h4-5,16H,2-3,6-7H2,1H3. The summed E-state index contributed by atoms with van der Waals surface area (Å²) in [6.07, 6.45) is 1.89. The second kappa shape index (κ2) is 4.25. The Kier molecular flexibility index (Phi) is 2.71. The van der Waals surface area contributed by atoms with Crippen molar-refractivity contribution in [3.8, 4) is 0 Å². The monoisotopic (exact) mass is 266 g/mol. The molecule has 3 heterocycles. The third-order valence-electron chi connectivity index (χ3n) is 3.25. The van der Waals surface area contributed by atoms with E-state index in [-0.39, 0.29) is 12.5 Å². The van der Waals surface area contributed by atoms with Gasteiger partial charge in [0.05, 0.1) is 18.8 Å². The lowest BCUT2D eigenvalue weighted by atomic mass is 10.3. The van der Waals surface area contributed by atoms with Crippen LogP contribution < -0.4 is 4.90 Å². The molecule has 0 aromatic carbocycles. The van der Waals surface area contributed by atoms with Crippen molar-refractivity contribution in [3.63, 3.8) is 0 Å². The highest BCUT2D eigenvalue weighted by molar-refractivity contribution is 7.15. The summed E-state index contributed by atoms with van der Waals surface area (Å²) in [5.74, 6) is 0.812. The predicted octanol–water partition coefficient (Wildman–Crippen LogP) is 0.166. The number of hydrogen-bond donors (Lipinski definition) is 1. The van der Waals surface area contributed by atoms with Gasteiger partial charge in [0.2, 0.25) is 5.91 Å². The van der Waals surface area contributed by atoms with Gasteiger partial charge in [-0.2, -0.15) is 0 Å². The zero-order valence-electron chi connectivity index (χ0n) is 10.0. The molecule has 1 amide bonds. The smallest absolute Gasteiger partial charge is 0.241 e. The zero-order chi connectivity index (χ0) is 12.7. The molecule has 2 aromatic rings. The number of aromatic nitrogens is 2. The second-order valence-electron chi connectivity index (χ2n) is 4.33. The number of fused-ring (bicyclic) bond motifs is 1. The van der Waals surface area contributed by atoms with Crippen LogP contribution in [0, 0.1) is 0 Å². The maximum Gasteiger partial charge on any atom is 0.241 e. The van der Waals surface area contributed by atoms with E-state index in [1.807, 2.05) is 20.9 Å². The van der Waals surface area contributed by atoms with Crippen LogP contribution in [0.25, 0.3) is 4.96 Å². The molecule has 0 bridgehead atoms. The van der Waals surface area contributed by atoms with Crippen LogP contribution in [0.4, 0.5) is 5.82 Å². The topological polar surface area (TPSA) is 61.1 Å². The first-order valence-corrected chi connectivity index (χ1v) is 6.63. The Balaban J connectivity index is 1.98. The Morgan fingerprint density at radius 3 is 3.06 bits per heavy atom. The van der Waals surface area contributed by atoms with E-state index in [9.17, 15) is 9.90 Å². The molecule has 3 rings (SSSR count). The molecule has 1 saturated heterocycles. The number of piperazine rings is 1. The SMILES string of the molecule is CN1CCN(c2nc3sccn3c2CO)CC1=O. The molecule has 1 fully saturated rings. The molecule has 0 aliphatic carbocycles. The number of likely N-dealkylation sites (N-methyl/N-ethyl adjacent to an activating group) is 1. The summed E-state index contributed by atoms with van der Waals surface area (Å²) < 4.78 is 1.88. The molecule has 0 spiro atoms. The maximum atomic E-state index is 11.7. The fourth-order valence-electron chi connectivity index (χ4n) is 2.16. The summed E-state index contributed by atoms with van der Waals surface area (Å²) in [4.78, 5) is 20.7. The number of aliphatic hydroxyl groups excluding tert-OH is 1. The molecule has 0 unspecified atom stereocenters. The minimum absolute atomic E-state index is 0.0756. The van der Waals surface area contributed by atoms with Gasteiger partial charge in [0.15, 0.2) is 10.8 Å². The first-order valence-electron chi connectivity index (χ1n) is 5.75. The van der Waals surface area contributed by atoms with Crippen molar-refractivity contribution in [2.75, 3.05) is 31.6 Å². The van der Waals surface area contributed by atoms with E-state index in [0.29, 0.717) is 13.1 Å². The van der Waals surface area contributed by atoms with Crippen LogP contribution in [0.3, 0.4) is 0 Å². The van der Waals surface area contributed by atoms with Crippen LogP contribution in [0.1, 0.15) is 5.69 Å². The molecule has 96 valence electrons. The summed E-state index contributed by atoms with van der Waals surface area (Å²) >= 11 is 1.52. The van der Waals surface area contributed by atoms with Gasteiger partial charge in [-0.3, -0.25) is 9.20 Å². The third-order valence-corrected chi connectivity index (χ3v) is 4.00. The maximum absolute atomic E-state index is 11.7. The number of hydrogen-bond acceptors (Lipinski definition) is 5. The molecular formula is C11H14N4O2S. The molecule has 0 saturated carbocycles. The summed E-state index contributed by atoms with van der Waals surface area (Å²) in [7, 11) is 1.80. The Bertz CT molecular complexity index is 591. The lowest BCUT2D eigenvalue weighted by Gasteiger charge is -2.32. The summed E-state index contributed by atoms with van der Waals surface area (Å²) in [5.41, 5.74) is 0.753. The van der Waals surface area contributed by atoms with E-state index < -0.39 is 0 Å².